The lowest BCUT2D eigenvalue weighted by Crippen LogP contribution is -2.49. The van der Waals surface area contributed by atoms with Crippen molar-refractivity contribution in [1.29, 1.82) is 0 Å². The first-order chi connectivity index (χ1) is 7.04. The molecule has 0 unspecified atom stereocenters. The van der Waals surface area contributed by atoms with Crippen LogP contribution in [0.25, 0.3) is 0 Å². The molecule has 0 spiro atoms. The number of amides is 1. The van der Waals surface area contributed by atoms with E-state index in [1.807, 2.05) is 0 Å². The van der Waals surface area contributed by atoms with Crippen LogP contribution in [0, 0.1) is 0 Å². The molecule has 94 valence electrons. The number of methoxy groups -OCH3 is 1. The fraction of sp³-hybridized carbons (Fsp3) is 0.778. The van der Waals surface area contributed by atoms with Crippen LogP contribution in [0.5, 0.6) is 0 Å². The minimum atomic E-state index is -3.53. The summed E-state index contributed by atoms with van der Waals surface area (Å²) in [6.07, 6.45) is 0.983. The molecule has 0 aliphatic rings. The van der Waals surface area contributed by atoms with Crippen LogP contribution in [0.3, 0.4) is 0 Å². The summed E-state index contributed by atoms with van der Waals surface area (Å²) in [6, 6.07) is 0. The Hall–Kier alpha value is -1.11. The number of carbonyl (C=O) groups is 2. The first-order valence-electron chi connectivity index (χ1n) is 4.56. The van der Waals surface area contributed by atoms with Gasteiger partial charge in [-0.2, -0.15) is 0 Å². The zero-order valence-electron chi connectivity index (χ0n) is 10.1. The van der Waals surface area contributed by atoms with Gasteiger partial charge in [0.05, 0.1) is 7.11 Å². The third kappa shape index (κ3) is 3.19. The van der Waals surface area contributed by atoms with Gasteiger partial charge in [0.15, 0.2) is 9.84 Å². The average Bonchev–Trinajstić information content (AvgIpc) is 2.14. The quantitative estimate of drug-likeness (QED) is 0.626. The van der Waals surface area contributed by atoms with E-state index < -0.39 is 26.5 Å². The third-order valence-electron chi connectivity index (χ3n) is 2.38. The van der Waals surface area contributed by atoms with Gasteiger partial charge in [0.1, 0.15) is 11.3 Å². The van der Waals surface area contributed by atoms with E-state index in [1.165, 1.54) is 28.0 Å². The number of carbonyl (C=O) groups excluding carboxylic acids is 2. The van der Waals surface area contributed by atoms with Crippen LogP contribution in [0.1, 0.15) is 13.8 Å². The molecule has 0 fully saturated rings. The van der Waals surface area contributed by atoms with E-state index in [9.17, 15) is 18.0 Å². The number of likely N-dealkylation sites (N-methyl/N-ethyl adjacent to an activating group) is 1. The highest BCUT2D eigenvalue weighted by atomic mass is 32.2. The summed E-state index contributed by atoms with van der Waals surface area (Å²) in [6.45, 7) is 2.34. The highest BCUT2D eigenvalue weighted by Gasteiger charge is 2.40. The van der Waals surface area contributed by atoms with E-state index in [2.05, 4.69) is 4.74 Å². The van der Waals surface area contributed by atoms with Gasteiger partial charge in [0.25, 0.3) is 0 Å². The fourth-order valence-electron chi connectivity index (χ4n) is 0.948. The van der Waals surface area contributed by atoms with Crippen molar-refractivity contribution >= 4 is 21.7 Å². The summed E-state index contributed by atoms with van der Waals surface area (Å²) in [5.41, 5.74) is 0. The maximum absolute atomic E-state index is 11.8. The normalized spacial score (nSPS) is 12.1. The van der Waals surface area contributed by atoms with Crippen molar-refractivity contribution in [2.24, 2.45) is 0 Å². The molecular weight excluding hydrogens is 234 g/mol. The molecule has 0 aliphatic carbocycles. The van der Waals surface area contributed by atoms with Gasteiger partial charge in [0.2, 0.25) is 5.91 Å². The van der Waals surface area contributed by atoms with Gasteiger partial charge >= 0.3 is 5.97 Å². The van der Waals surface area contributed by atoms with E-state index in [4.69, 9.17) is 0 Å². The fourth-order valence-corrected chi connectivity index (χ4v) is 1.42. The van der Waals surface area contributed by atoms with Gasteiger partial charge in [-0.25, -0.2) is 8.42 Å². The molecule has 0 heterocycles. The van der Waals surface area contributed by atoms with Crippen LogP contribution >= 0.6 is 0 Å². The van der Waals surface area contributed by atoms with Gasteiger partial charge in [-0.1, -0.05) is 0 Å². The summed E-state index contributed by atoms with van der Waals surface area (Å²) < 4.78 is 25.6. The molecular formula is C9H17NO5S. The Morgan fingerprint density at radius 1 is 1.31 bits per heavy atom. The second kappa shape index (κ2) is 4.82. The Morgan fingerprint density at radius 2 is 1.75 bits per heavy atom. The van der Waals surface area contributed by atoms with E-state index in [0.717, 1.165) is 11.2 Å². The molecule has 0 saturated heterocycles. The van der Waals surface area contributed by atoms with E-state index in [1.54, 1.807) is 0 Å². The van der Waals surface area contributed by atoms with Gasteiger partial charge < -0.3 is 9.64 Å². The maximum Gasteiger partial charge on any atom is 0.325 e. The standard InChI is InChI=1S/C9H17NO5S/c1-9(2,16(5,13)14)8(12)10(3)6-7(11)15-4/h6H2,1-5H3. The summed E-state index contributed by atoms with van der Waals surface area (Å²) in [5, 5.41) is 0. The SMILES string of the molecule is COC(=O)CN(C)C(=O)C(C)(C)S(C)(=O)=O. The zero-order valence-corrected chi connectivity index (χ0v) is 10.9. The number of hydrogen-bond acceptors (Lipinski definition) is 5. The summed E-state index contributed by atoms with van der Waals surface area (Å²) in [5.74, 6) is -1.24. The molecule has 6 nitrogen and oxygen atoms in total. The number of rotatable bonds is 4. The topological polar surface area (TPSA) is 80.8 Å². The Bertz CT molecular complexity index is 385. The predicted molar refractivity (Wildman–Crippen MR) is 58.6 cm³/mol. The van der Waals surface area contributed by atoms with Crippen molar-refractivity contribution in [2.75, 3.05) is 27.0 Å². The molecule has 16 heavy (non-hydrogen) atoms. The smallest absolute Gasteiger partial charge is 0.325 e. The monoisotopic (exact) mass is 251 g/mol. The first kappa shape index (κ1) is 14.9. The predicted octanol–water partition coefficient (Wildman–Crippen LogP) is -0.559. The van der Waals surface area contributed by atoms with Crippen molar-refractivity contribution < 1.29 is 22.7 Å². The molecule has 0 bridgehead atoms. The highest BCUT2D eigenvalue weighted by molar-refractivity contribution is 7.92. The van der Waals surface area contributed by atoms with Crippen LogP contribution in [-0.4, -0.2) is 56.9 Å². The molecule has 0 aliphatic heterocycles. The second-order valence-electron chi connectivity index (χ2n) is 4.02. The summed E-state index contributed by atoms with van der Waals surface area (Å²) in [7, 11) is -0.982. The lowest BCUT2D eigenvalue weighted by Gasteiger charge is -2.26. The number of hydrogen-bond donors (Lipinski definition) is 0. The van der Waals surface area contributed by atoms with E-state index in [0.29, 0.717) is 0 Å². The lowest BCUT2D eigenvalue weighted by atomic mass is 10.2. The number of sulfone groups is 1. The van der Waals surface area contributed by atoms with Crippen LogP contribution in [0.2, 0.25) is 0 Å². The third-order valence-corrected chi connectivity index (χ3v) is 4.41. The van der Waals surface area contributed by atoms with Gasteiger partial charge in [-0.3, -0.25) is 9.59 Å². The summed E-state index contributed by atoms with van der Waals surface area (Å²) >= 11 is 0. The van der Waals surface area contributed by atoms with Gasteiger partial charge in [0, 0.05) is 13.3 Å². The van der Waals surface area contributed by atoms with Crippen molar-refractivity contribution in [2.45, 2.75) is 18.6 Å². The largest absolute Gasteiger partial charge is 0.468 e. The number of esters is 1. The zero-order chi connectivity index (χ0) is 13.1. The molecule has 0 aromatic carbocycles. The van der Waals surface area contributed by atoms with Crippen LogP contribution in [-0.2, 0) is 24.2 Å². The van der Waals surface area contributed by atoms with Gasteiger partial charge in [-0.15, -0.1) is 0 Å². The molecule has 1 amide bonds. The minimum Gasteiger partial charge on any atom is -0.468 e. The molecule has 7 heteroatoms. The molecule has 0 rings (SSSR count). The number of nitrogens with zero attached hydrogens (tertiary/aromatic N) is 1. The Balaban J connectivity index is 4.88. The average molecular weight is 251 g/mol. The molecule has 0 N–H and O–H groups in total. The van der Waals surface area contributed by atoms with Crippen molar-refractivity contribution in [1.82, 2.24) is 4.90 Å². The van der Waals surface area contributed by atoms with E-state index in [-0.39, 0.29) is 6.54 Å². The molecule has 0 radical (unpaired) electrons. The van der Waals surface area contributed by atoms with E-state index >= 15 is 0 Å². The van der Waals surface area contributed by atoms with Crippen LogP contribution < -0.4 is 0 Å². The summed E-state index contributed by atoms with van der Waals surface area (Å²) in [4.78, 5) is 23.8. The minimum absolute atomic E-state index is 0.270. The van der Waals surface area contributed by atoms with Crippen molar-refractivity contribution in [3.8, 4) is 0 Å². The first-order valence-corrected chi connectivity index (χ1v) is 6.45. The maximum atomic E-state index is 11.8. The van der Waals surface area contributed by atoms with Gasteiger partial charge in [-0.05, 0) is 13.8 Å². The molecule has 0 aromatic heterocycles. The highest BCUT2D eigenvalue weighted by Crippen LogP contribution is 2.17. The van der Waals surface area contributed by atoms with Crippen molar-refractivity contribution in [3.05, 3.63) is 0 Å². The van der Waals surface area contributed by atoms with Crippen molar-refractivity contribution in [3.63, 3.8) is 0 Å². The second-order valence-corrected chi connectivity index (χ2v) is 6.58. The molecule has 0 aromatic rings. The Labute approximate surface area is 95.5 Å². The Kier molecular flexibility index (Phi) is 4.48. The lowest BCUT2D eigenvalue weighted by molar-refractivity contribution is -0.146. The molecule has 0 atom stereocenters. The number of ether oxygens (including phenoxy) is 1. The Morgan fingerprint density at radius 3 is 2.06 bits per heavy atom. The van der Waals surface area contributed by atoms with Crippen LogP contribution in [0.4, 0.5) is 0 Å². The molecule has 0 saturated carbocycles. The van der Waals surface area contributed by atoms with Crippen LogP contribution in [0.15, 0.2) is 0 Å².